The molecule has 0 fully saturated rings. The van der Waals surface area contributed by atoms with E-state index in [-0.39, 0.29) is 18.8 Å². The van der Waals surface area contributed by atoms with Crippen molar-refractivity contribution in [1.29, 1.82) is 0 Å². The Morgan fingerprint density at radius 2 is 1.58 bits per heavy atom. The van der Waals surface area contributed by atoms with Crippen molar-refractivity contribution in [2.24, 2.45) is 0 Å². The van der Waals surface area contributed by atoms with Crippen molar-refractivity contribution in [3.63, 3.8) is 0 Å². The van der Waals surface area contributed by atoms with Gasteiger partial charge in [0, 0.05) is 6.20 Å². The molecule has 2 heterocycles. The van der Waals surface area contributed by atoms with E-state index < -0.39 is 34.5 Å². The van der Waals surface area contributed by atoms with E-state index in [1.165, 1.54) is 36.4 Å². The Morgan fingerprint density at radius 1 is 0.909 bits per heavy atom. The molecule has 0 atom stereocenters. The van der Waals surface area contributed by atoms with E-state index in [0.717, 1.165) is 21.4 Å². The van der Waals surface area contributed by atoms with Gasteiger partial charge in [-0.3, -0.25) is 19.1 Å². The standard InChI is InChI=1S/C23H17F2N5O3/c24-16-6-4-15(5-7-16)14-29-22(32)20(21(31)27-13-18-3-1-2-12-26-18)28-30(23(29)33)19-10-8-17(25)9-11-19/h1-12H,13-14H2,(H,27,31). The maximum absolute atomic E-state index is 13.4. The van der Waals surface area contributed by atoms with E-state index in [1.54, 1.807) is 24.4 Å². The third-order valence-electron chi connectivity index (χ3n) is 4.76. The van der Waals surface area contributed by atoms with Crippen LogP contribution in [0.3, 0.4) is 0 Å². The third kappa shape index (κ3) is 4.90. The Balaban J connectivity index is 1.77. The van der Waals surface area contributed by atoms with Gasteiger partial charge in [0.25, 0.3) is 11.5 Å². The number of carbonyl (C=O) groups is 1. The van der Waals surface area contributed by atoms with Crippen LogP contribution in [0.25, 0.3) is 5.69 Å². The van der Waals surface area contributed by atoms with Crippen LogP contribution in [0, 0.1) is 11.6 Å². The SMILES string of the molecule is O=C(NCc1ccccn1)c1nn(-c2ccc(F)cc2)c(=O)n(Cc2ccc(F)cc2)c1=O. The molecule has 166 valence electrons. The molecule has 10 heteroatoms. The van der Waals surface area contributed by atoms with Gasteiger partial charge in [0.1, 0.15) is 11.6 Å². The van der Waals surface area contributed by atoms with E-state index in [9.17, 15) is 23.2 Å². The Hall–Kier alpha value is -4.47. The maximum atomic E-state index is 13.4. The predicted molar refractivity (Wildman–Crippen MR) is 115 cm³/mol. The molecule has 4 aromatic rings. The van der Waals surface area contributed by atoms with Crippen molar-refractivity contribution >= 4 is 5.91 Å². The summed E-state index contributed by atoms with van der Waals surface area (Å²) >= 11 is 0. The number of rotatable bonds is 6. The first-order valence-corrected chi connectivity index (χ1v) is 9.85. The summed E-state index contributed by atoms with van der Waals surface area (Å²) in [6.07, 6.45) is 1.56. The van der Waals surface area contributed by atoms with Crippen LogP contribution in [0.5, 0.6) is 0 Å². The molecular formula is C23H17F2N5O3. The third-order valence-corrected chi connectivity index (χ3v) is 4.76. The number of halogens is 2. The van der Waals surface area contributed by atoms with Gasteiger partial charge in [0.05, 0.1) is 24.5 Å². The Labute approximate surface area is 185 Å². The minimum atomic E-state index is -0.916. The van der Waals surface area contributed by atoms with Crippen molar-refractivity contribution in [3.05, 3.63) is 122 Å². The van der Waals surface area contributed by atoms with Crippen LogP contribution in [0.15, 0.2) is 82.5 Å². The van der Waals surface area contributed by atoms with Gasteiger partial charge in [-0.2, -0.15) is 9.78 Å². The van der Waals surface area contributed by atoms with Crippen molar-refractivity contribution < 1.29 is 13.6 Å². The van der Waals surface area contributed by atoms with Crippen LogP contribution < -0.4 is 16.6 Å². The first kappa shape index (κ1) is 21.8. The van der Waals surface area contributed by atoms with Gasteiger partial charge in [-0.15, -0.1) is 0 Å². The van der Waals surface area contributed by atoms with Crippen LogP contribution in [0.1, 0.15) is 21.7 Å². The molecule has 33 heavy (non-hydrogen) atoms. The van der Waals surface area contributed by atoms with Crippen LogP contribution >= 0.6 is 0 Å². The van der Waals surface area contributed by atoms with Crippen molar-refractivity contribution in [3.8, 4) is 5.69 Å². The van der Waals surface area contributed by atoms with Crippen molar-refractivity contribution in [2.75, 3.05) is 0 Å². The van der Waals surface area contributed by atoms with Gasteiger partial charge in [0.2, 0.25) is 5.69 Å². The number of amides is 1. The van der Waals surface area contributed by atoms with E-state index in [1.807, 2.05) is 0 Å². The lowest BCUT2D eigenvalue weighted by molar-refractivity contribution is 0.0940. The summed E-state index contributed by atoms with van der Waals surface area (Å²) < 4.78 is 28.3. The van der Waals surface area contributed by atoms with Crippen LogP contribution in [-0.4, -0.2) is 25.2 Å². The molecule has 1 N–H and O–H groups in total. The normalized spacial score (nSPS) is 10.7. The summed E-state index contributed by atoms with van der Waals surface area (Å²) in [6, 6.07) is 15.2. The van der Waals surface area contributed by atoms with E-state index >= 15 is 0 Å². The second kappa shape index (κ2) is 9.35. The molecule has 0 spiro atoms. The summed E-state index contributed by atoms with van der Waals surface area (Å²) in [5.41, 5.74) is -1.10. The minimum Gasteiger partial charge on any atom is -0.345 e. The molecule has 0 bridgehead atoms. The number of nitrogens with one attached hydrogen (secondary N) is 1. The molecule has 8 nitrogen and oxygen atoms in total. The second-order valence-corrected chi connectivity index (χ2v) is 7.04. The van der Waals surface area contributed by atoms with Gasteiger partial charge in [-0.05, 0) is 54.1 Å². The van der Waals surface area contributed by atoms with Crippen molar-refractivity contribution in [2.45, 2.75) is 13.1 Å². The molecule has 4 rings (SSSR count). The van der Waals surface area contributed by atoms with Gasteiger partial charge in [0.15, 0.2) is 0 Å². The Bertz CT molecular complexity index is 1400. The predicted octanol–water partition coefficient (Wildman–Crippen LogP) is 2.05. The fourth-order valence-electron chi connectivity index (χ4n) is 3.08. The number of carbonyl (C=O) groups excluding carboxylic acids is 1. The number of pyridine rings is 1. The van der Waals surface area contributed by atoms with Gasteiger partial charge in [-0.1, -0.05) is 18.2 Å². The smallest absolute Gasteiger partial charge is 0.345 e. The topological polar surface area (TPSA) is 98.9 Å². The number of hydrogen-bond donors (Lipinski definition) is 1. The molecule has 0 unspecified atom stereocenters. The molecule has 0 saturated heterocycles. The summed E-state index contributed by atoms with van der Waals surface area (Å²) in [7, 11) is 0. The van der Waals surface area contributed by atoms with Gasteiger partial charge < -0.3 is 5.32 Å². The van der Waals surface area contributed by atoms with E-state index in [4.69, 9.17) is 0 Å². The van der Waals surface area contributed by atoms with E-state index in [2.05, 4.69) is 15.4 Å². The van der Waals surface area contributed by atoms with Gasteiger partial charge >= 0.3 is 5.69 Å². The monoisotopic (exact) mass is 449 g/mol. The minimum absolute atomic E-state index is 0.0361. The lowest BCUT2D eigenvalue weighted by Crippen LogP contribution is -2.46. The van der Waals surface area contributed by atoms with Crippen molar-refractivity contribution in [1.82, 2.24) is 24.6 Å². The summed E-state index contributed by atoms with van der Waals surface area (Å²) in [5.74, 6) is -1.81. The van der Waals surface area contributed by atoms with Crippen LogP contribution in [0.2, 0.25) is 0 Å². The molecule has 0 aliphatic carbocycles. The molecule has 2 aromatic carbocycles. The maximum Gasteiger partial charge on any atom is 0.352 e. The highest BCUT2D eigenvalue weighted by atomic mass is 19.1. The highest BCUT2D eigenvalue weighted by Crippen LogP contribution is 2.07. The van der Waals surface area contributed by atoms with Crippen LogP contribution in [0.4, 0.5) is 8.78 Å². The lowest BCUT2D eigenvalue weighted by Gasteiger charge is -2.12. The summed E-state index contributed by atoms with van der Waals surface area (Å²) in [5, 5.41) is 6.52. The quantitative estimate of drug-likeness (QED) is 0.486. The number of aromatic nitrogens is 4. The fraction of sp³-hybridized carbons (Fsp3) is 0.0870. The zero-order chi connectivity index (χ0) is 23.4. The highest BCUT2D eigenvalue weighted by Gasteiger charge is 2.20. The highest BCUT2D eigenvalue weighted by molar-refractivity contribution is 5.91. The number of hydrogen-bond acceptors (Lipinski definition) is 5. The molecule has 0 aliphatic rings. The average Bonchev–Trinajstić information content (AvgIpc) is 2.83. The molecule has 0 aliphatic heterocycles. The fourth-order valence-corrected chi connectivity index (χ4v) is 3.08. The zero-order valence-electron chi connectivity index (χ0n) is 17.1. The zero-order valence-corrected chi connectivity index (χ0v) is 17.1. The van der Waals surface area contributed by atoms with Crippen LogP contribution in [-0.2, 0) is 13.1 Å². The molecule has 0 radical (unpaired) electrons. The molecular weight excluding hydrogens is 432 g/mol. The second-order valence-electron chi connectivity index (χ2n) is 7.04. The number of benzene rings is 2. The summed E-state index contributed by atoms with van der Waals surface area (Å²) in [4.78, 5) is 43.0. The first-order chi connectivity index (χ1) is 15.9. The Morgan fingerprint density at radius 3 is 2.21 bits per heavy atom. The molecule has 1 amide bonds. The molecule has 0 saturated carbocycles. The summed E-state index contributed by atoms with van der Waals surface area (Å²) in [6.45, 7) is -0.184. The molecule has 2 aromatic heterocycles. The number of nitrogens with zero attached hydrogens (tertiary/aromatic N) is 4. The van der Waals surface area contributed by atoms with E-state index in [0.29, 0.717) is 11.3 Å². The van der Waals surface area contributed by atoms with Gasteiger partial charge in [-0.25, -0.2) is 13.6 Å². The Kier molecular flexibility index (Phi) is 6.16. The lowest BCUT2D eigenvalue weighted by atomic mass is 10.2. The average molecular weight is 449 g/mol. The first-order valence-electron chi connectivity index (χ1n) is 9.85. The largest absolute Gasteiger partial charge is 0.352 e.